The molecule has 0 amide bonds. The number of hydrogen-bond acceptors (Lipinski definition) is 2. The number of ether oxygens (including phenoxy) is 1. The van der Waals surface area contributed by atoms with Crippen LogP contribution in [0.25, 0.3) is 27.7 Å². The number of alkyl halides is 1. The molecule has 4 aromatic rings. The smallest absolute Gasteiger partial charge is 0.279 e. The van der Waals surface area contributed by atoms with Gasteiger partial charge in [0.2, 0.25) is 6.86 Å². The standard InChI is InChI=1S/C20H14F2N2O2/c21-12-26-16-7-5-15(6-8-16)24-11-18(13-1-3-14(22)4-2-13)17-9-10-23-19(17)20(24)25/h1-11,23H,12H2. The lowest BCUT2D eigenvalue weighted by Gasteiger charge is -2.11. The van der Waals surface area contributed by atoms with E-state index in [0.717, 1.165) is 16.5 Å². The van der Waals surface area contributed by atoms with Crippen molar-refractivity contribution in [3.63, 3.8) is 0 Å². The van der Waals surface area contributed by atoms with Gasteiger partial charge in [-0.1, -0.05) is 12.1 Å². The van der Waals surface area contributed by atoms with Gasteiger partial charge < -0.3 is 9.72 Å². The Morgan fingerprint density at radius 1 is 1.00 bits per heavy atom. The lowest BCUT2D eigenvalue weighted by atomic mass is 10.0. The van der Waals surface area contributed by atoms with E-state index in [1.54, 1.807) is 48.8 Å². The molecule has 6 heteroatoms. The van der Waals surface area contributed by atoms with Crippen LogP contribution in [-0.4, -0.2) is 16.4 Å². The summed E-state index contributed by atoms with van der Waals surface area (Å²) in [7, 11) is 0. The molecule has 2 heterocycles. The molecule has 4 rings (SSSR count). The fourth-order valence-corrected chi connectivity index (χ4v) is 2.97. The van der Waals surface area contributed by atoms with Crippen LogP contribution in [0, 0.1) is 5.82 Å². The maximum Gasteiger partial charge on any atom is 0.279 e. The van der Waals surface area contributed by atoms with E-state index in [9.17, 15) is 13.6 Å². The number of nitrogens with zero attached hydrogens (tertiary/aromatic N) is 1. The molecule has 0 fully saturated rings. The van der Waals surface area contributed by atoms with E-state index >= 15 is 0 Å². The monoisotopic (exact) mass is 352 g/mol. The van der Waals surface area contributed by atoms with Crippen molar-refractivity contribution in [2.24, 2.45) is 0 Å². The maximum absolute atomic E-state index is 13.3. The molecule has 0 radical (unpaired) electrons. The summed E-state index contributed by atoms with van der Waals surface area (Å²) in [4.78, 5) is 15.8. The second-order valence-corrected chi connectivity index (χ2v) is 5.74. The molecule has 26 heavy (non-hydrogen) atoms. The summed E-state index contributed by atoms with van der Waals surface area (Å²) >= 11 is 0. The SMILES string of the molecule is O=c1c2[nH]ccc2c(-c2ccc(F)cc2)cn1-c1ccc(OCF)cc1. The number of aromatic nitrogens is 2. The van der Waals surface area contributed by atoms with Crippen molar-refractivity contribution in [2.75, 3.05) is 6.86 Å². The predicted octanol–water partition coefficient (Wildman–Crippen LogP) is 4.43. The minimum atomic E-state index is -0.914. The molecule has 4 nitrogen and oxygen atoms in total. The molecule has 130 valence electrons. The largest absolute Gasteiger partial charge is 0.463 e. The summed E-state index contributed by atoms with van der Waals surface area (Å²) in [6.45, 7) is -0.914. The van der Waals surface area contributed by atoms with E-state index in [1.165, 1.54) is 16.7 Å². The van der Waals surface area contributed by atoms with Gasteiger partial charge in [0, 0.05) is 29.0 Å². The summed E-state index contributed by atoms with van der Waals surface area (Å²) in [6.07, 6.45) is 3.42. The number of pyridine rings is 1. The second-order valence-electron chi connectivity index (χ2n) is 5.74. The van der Waals surface area contributed by atoms with E-state index in [1.807, 2.05) is 6.07 Å². The highest BCUT2D eigenvalue weighted by atomic mass is 19.1. The molecule has 1 N–H and O–H groups in total. The van der Waals surface area contributed by atoms with Crippen molar-refractivity contribution in [1.82, 2.24) is 9.55 Å². The first kappa shape index (κ1) is 16.1. The zero-order valence-electron chi connectivity index (χ0n) is 13.6. The highest BCUT2D eigenvalue weighted by Crippen LogP contribution is 2.28. The van der Waals surface area contributed by atoms with E-state index in [0.29, 0.717) is 17.0 Å². The number of nitrogens with one attached hydrogen (secondary N) is 1. The van der Waals surface area contributed by atoms with Crippen molar-refractivity contribution in [2.45, 2.75) is 0 Å². The van der Waals surface area contributed by atoms with Crippen LogP contribution >= 0.6 is 0 Å². The van der Waals surface area contributed by atoms with Gasteiger partial charge in [0.15, 0.2) is 0 Å². The first-order valence-electron chi connectivity index (χ1n) is 7.95. The van der Waals surface area contributed by atoms with Crippen LogP contribution < -0.4 is 10.3 Å². The van der Waals surface area contributed by atoms with E-state index < -0.39 is 6.86 Å². The van der Waals surface area contributed by atoms with Gasteiger partial charge in [0.25, 0.3) is 5.56 Å². The molecule has 0 spiro atoms. The summed E-state index contributed by atoms with van der Waals surface area (Å²) in [6, 6.07) is 14.5. The topological polar surface area (TPSA) is 47.0 Å². The number of halogens is 2. The number of rotatable bonds is 4. The van der Waals surface area contributed by atoms with Crippen molar-refractivity contribution < 1.29 is 13.5 Å². The Bertz CT molecular complexity index is 1110. The first-order valence-corrected chi connectivity index (χ1v) is 7.95. The minimum absolute atomic E-state index is 0.213. The number of H-pyrrole nitrogens is 1. The lowest BCUT2D eigenvalue weighted by Crippen LogP contribution is -2.18. The van der Waals surface area contributed by atoms with E-state index in [4.69, 9.17) is 4.74 Å². The number of hydrogen-bond donors (Lipinski definition) is 1. The third kappa shape index (κ3) is 2.75. The summed E-state index contributed by atoms with van der Waals surface area (Å²) < 4.78 is 31.8. The summed E-state index contributed by atoms with van der Waals surface area (Å²) in [5.41, 5.74) is 2.44. The van der Waals surface area contributed by atoms with Crippen molar-refractivity contribution >= 4 is 10.9 Å². The summed E-state index contributed by atoms with van der Waals surface area (Å²) in [5, 5.41) is 0.759. The summed E-state index contributed by atoms with van der Waals surface area (Å²) in [5.74, 6) is 0.0554. The molecule has 0 bridgehead atoms. The Labute approximate surface area is 147 Å². The maximum atomic E-state index is 13.3. The number of aromatic amines is 1. The third-order valence-electron chi connectivity index (χ3n) is 4.22. The molecule has 0 saturated heterocycles. The van der Waals surface area contributed by atoms with Gasteiger partial charge in [-0.15, -0.1) is 0 Å². The fourth-order valence-electron chi connectivity index (χ4n) is 2.97. The Hall–Kier alpha value is -3.41. The molecular formula is C20H14F2N2O2. The molecule has 2 aromatic carbocycles. The minimum Gasteiger partial charge on any atom is -0.463 e. The Kier molecular flexibility index (Phi) is 4.01. The average molecular weight is 352 g/mol. The number of benzene rings is 2. The zero-order chi connectivity index (χ0) is 18.1. The van der Waals surface area contributed by atoms with Crippen molar-refractivity contribution in [3.05, 3.63) is 83.2 Å². The average Bonchev–Trinajstić information content (AvgIpc) is 3.15. The molecule has 2 aromatic heterocycles. The molecule has 0 aliphatic carbocycles. The lowest BCUT2D eigenvalue weighted by molar-refractivity contribution is 0.192. The van der Waals surface area contributed by atoms with Crippen LogP contribution in [0.3, 0.4) is 0 Å². The quantitative estimate of drug-likeness (QED) is 0.591. The molecule has 0 aliphatic heterocycles. The van der Waals surface area contributed by atoms with E-state index in [-0.39, 0.29) is 11.4 Å². The van der Waals surface area contributed by atoms with Crippen LogP contribution in [0.1, 0.15) is 0 Å². The highest BCUT2D eigenvalue weighted by molar-refractivity contribution is 5.94. The Morgan fingerprint density at radius 3 is 2.42 bits per heavy atom. The Morgan fingerprint density at radius 2 is 1.73 bits per heavy atom. The molecule has 0 unspecified atom stereocenters. The molecule has 0 atom stereocenters. The van der Waals surface area contributed by atoms with Gasteiger partial charge >= 0.3 is 0 Å². The van der Waals surface area contributed by atoms with Crippen LogP contribution in [-0.2, 0) is 0 Å². The van der Waals surface area contributed by atoms with Gasteiger partial charge in [0.1, 0.15) is 17.1 Å². The molecule has 0 aliphatic rings. The predicted molar refractivity (Wildman–Crippen MR) is 95.9 cm³/mol. The van der Waals surface area contributed by atoms with Gasteiger partial charge in [-0.2, -0.15) is 0 Å². The zero-order valence-corrected chi connectivity index (χ0v) is 13.6. The third-order valence-corrected chi connectivity index (χ3v) is 4.22. The number of fused-ring (bicyclic) bond motifs is 1. The van der Waals surface area contributed by atoms with Crippen molar-refractivity contribution in [1.29, 1.82) is 0 Å². The molecule has 0 saturated carbocycles. The van der Waals surface area contributed by atoms with Gasteiger partial charge in [-0.25, -0.2) is 8.78 Å². The van der Waals surface area contributed by atoms with Gasteiger partial charge in [-0.3, -0.25) is 9.36 Å². The van der Waals surface area contributed by atoms with Crippen LogP contribution in [0.2, 0.25) is 0 Å². The van der Waals surface area contributed by atoms with Crippen molar-refractivity contribution in [3.8, 4) is 22.6 Å². The van der Waals surface area contributed by atoms with Crippen LogP contribution in [0.4, 0.5) is 8.78 Å². The second kappa shape index (κ2) is 6.48. The fraction of sp³-hybridized carbons (Fsp3) is 0.0500. The first-order chi connectivity index (χ1) is 12.7. The van der Waals surface area contributed by atoms with E-state index in [2.05, 4.69) is 4.98 Å². The van der Waals surface area contributed by atoms with Gasteiger partial charge in [0.05, 0.1) is 0 Å². The highest BCUT2D eigenvalue weighted by Gasteiger charge is 2.13. The van der Waals surface area contributed by atoms with Crippen LogP contribution in [0.15, 0.2) is 71.8 Å². The van der Waals surface area contributed by atoms with Crippen LogP contribution in [0.5, 0.6) is 5.75 Å². The van der Waals surface area contributed by atoms with Gasteiger partial charge in [-0.05, 0) is 48.0 Å². The normalized spacial score (nSPS) is 11.0. The Balaban J connectivity index is 1.91. The molecular weight excluding hydrogens is 338 g/mol.